The second kappa shape index (κ2) is 7.11. The van der Waals surface area contributed by atoms with Crippen molar-refractivity contribution in [3.8, 4) is 11.6 Å². The number of rotatable bonds is 3. The second-order valence-corrected chi connectivity index (χ2v) is 6.35. The summed E-state index contributed by atoms with van der Waals surface area (Å²) in [6.07, 6.45) is 5.43. The summed E-state index contributed by atoms with van der Waals surface area (Å²) < 4.78 is 1.55. The summed E-state index contributed by atoms with van der Waals surface area (Å²) in [6, 6.07) is 9.09. The summed E-state index contributed by atoms with van der Waals surface area (Å²) in [6.45, 7) is 0. The van der Waals surface area contributed by atoms with E-state index in [2.05, 4.69) is 9.98 Å². The summed E-state index contributed by atoms with van der Waals surface area (Å²) in [5, 5.41) is 10.6. The maximum Gasteiger partial charge on any atom is 0.264 e. The third-order valence-electron chi connectivity index (χ3n) is 4.31. The lowest BCUT2D eigenvalue weighted by Crippen LogP contribution is -2.36. The average Bonchev–Trinajstić information content (AvgIpc) is 2.57. The zero-order valence-corrected chi connectivity index (χ0v) is 14.0. The van der Waals surface area contributed by atoms with E-state index in [0.717, 1.165) is 25.7 Å². The highest BCUT2D eigenvalue weighted by molar-refractivity contribution is 7.71. The maximum atomic E-state index is 12.2. The van der Waals surface area contributed by atoms with Gasteiger partial charge in [-0.05, 0) is 37.2 Å². The molecule has 2 unspecified atom stereocenters. The Hall–Kier alpha value is -2.25. The first-order valence-corrected chi connectivity index (χ1v) is 8.41. The average molecular weight is 344 g/mol. The van der Waals surface area contributed by atoms with Gasteiger partial charge in [-0.15, -0.1) is 0 Å². The van der Waals surface area contributed by atoms with Crippen molar-refractivity contribution in [2.75, 3.05) is 0 Å². The van der Waals surface area contributed by atoms with Gasteiger partial charge in [0.1, 0.15) is 5.56 Å². The zero-order valence-electron chi connectivity index (χ0n) is 13.2. The van der Waals surface area contributed by atoms with Crippen LogP contribution in [0.4, 0.5) is 0 Å². The van der Waals surface area contributed by atoms with E-state index in [9.17, 15) is 9.90 Å². The normalized spacial score (nSPS) is 21.2. The van der Waals surface area contributed by atoms with Crippen LogP contribution in [0.3, 0.4) is 0 Å². The fraction of sp³-hybridized carbons (Fsp3) is 0.353. The summed E-state index contributed by atoms with van der Waals surface area (Å²) in [5.41, 5.74) is 6.37. The van der Waals surface area contributed by atoms with Gasteiger partial charge in [0.2, 0.25) is 5.88 Å². The van der Waals surface area contributed by atoms with Crippen molar-refractivity contribution in [3.63, 3.8) is 0 Å². The molecule has 0 amide bonds. The molecule has 1 aromatic heterocycles. The fourth-order valence-electron chi connectivity index (χ4n) is 2.97. The molecule has 7 heteroatoms. The Morgan fingerprint density at radius 1 is 1.29 bits per heavy atom. The predicted molar refractivity (Wildman–Crippen MR) is 96.7 cm³/mol. The molecule has 0 radical (unpaired) electrons. The smallest absolute Gasteiger partial charge is 0.264 e. The summed E-state index contributed by atoms with van der Waals surface area (Å²) >= 11 is 5.18. The van der Waals surface area contributed by atoms with Crippen LogP contribution in [0.5, 0.6) is 5.88 Å². The molecule has 1 fully saturated rings. The predicted octanol–water partition coefficient (Wildman–Crippen LogP) is 2.29. The van der Waals surface area contributed by atoms with Crippen LogP contribution in [-0.2, 0) is 0 Å². The third-order valence-corrected chi connectivity index (χ3v) is 4.60. The van der Waals surface area contributed by atoms with E-state index in [4.69, 9.17) is 18.0 Å². The van der Waals surface area contributed by atoms with Crippen molar-refractivity contribution in [3.05, 3.63) is 51.0 Å². The van der Waals surface area contributed by atoms with E-state index >= 15 is 0 Å². The Morgan fingerprint density at radius 3 is 2.71 bits per heavy atom. The van der Waals surface area contributed by atoms with Crippen LogP contribution in [0, 0.1) is 4.77 Å². The number of benzene rings is 1. The largest absolute Gasteiger partial charge is 0.494 e. The number of hydrogen-bond acceptors (Lipinski definition) is 5. The molecule has 0 bridgehead atoms. The van der Waals surface area contributed by atoms with E-state index in [1.54, 1.807) is 12.1 Å². The molecule has 2 atom stereocenters. The van der Waals surface area contributed by atoms with E-state index in [1.165, 1.54) is 10.8 Å². The summed E-state index contributed by atoms with van der Waals surface area (Å²) in [7, 11) is 0. The van der Waals surface area contributed by atoms with Crippen molar-refractivity contribution in [2.45, 2.75) is 37.8 Å². The number of H-pyrrole nitrogens is 1. The van der Waals surface area contributed by atoms with Gasteiger partial charge in [0.15, 0.2) is 4.77 Å². The topological polar surface area (TPSA) is 96.4 Å². The number of aromatic nitrogens is 2. The minimum Gasteiger partial charge on any atom is -0.494 e. The molecule has 4 N–H and O–H groups in total. The number of aromatic hydroxyl groups is 1. The summed E-state index contributed by atoms with van der Waals surface area (Å²) in [5.74, 6) is -0.219. The zero-order chi connectivity index (χ0) is 17.1. The molecule has 0 saturated heterocycles. The van der Waals surface area contributed by atoms with E-state index < -0.39 is 5.56 Å². The van der Waals surface area contributed by atoms with Crippen LogP contribution in [0.2, 0.25) is 0 Å². The van der Waals surface area contributed by atoms with Gasteiger partial charge in [-0.3, -0.25) is 19.3 Å². The van der Waals surface area contributed by atoms with Crippen molar-refractivity contribution in [1.29, 1.82) is 0 Å². The first-order valence-electron chi connectivity index (χ1n) is 8.00. The first kappa shape index (κ1) is 16.6. The molecule has 1 aromatic carbocycles. The highest BCUT2D eigenvalue weighted by Gasteiger charge is 2.21. The number of nitrogens with two attached hydrogens (primary N) is 1. The van der Waals surface area contributed by atoms with E-state index in [1.807, 2.05) is 18.2 Å². The SMILES string of the molecule is NC1CCCCC1N=Cc1c(O)n(-c2ccccc2)c(=S)[nH]c1=O. The molecule has 6 nitrogen and oxygen atoms in total. The lowest BCUT2D eigenvalue weighted by Gasteiger charge is -2.25. The number of aliphatic imine (C=N–C) groups is 1. The van der Waals surface area contributed by atoms with Crippen LogP contribution >= 0.6 is 12.2 Å². The standard InChI is InChI=1S/C17H20N4O2S/c18-13-8-4-5-9-14(13)19-10-12-15(22)20-17(24)21(16(12)23)11-6-2-1-3-7-11/h1-3,6-7,10,13-14,23H,4-5,8-9,18H2,(H,20,22,24). The highest BCUT2D eigenvalue weighted by Crippen LogP contribution is 2.21. The van der Waals surface area contributed by atoms with Crippen LogP contribution < -0.4 is 11.3 Å². The van der Waals surface area contributed by atoms with Crippen LogP contribution in [0.15, 0.2) is 40.1 Å². The minimum absolute atomic E-state index is 0.00398. The van der Waals surface area contributed by atoms with Crippen molar-refractivity contribution < 1.29 is 5.11 Å². The van der Waals surface area contributed by atoms with Crippen molar-refractivity contribution >= 4 is 18.4 Å². The van der Waals surface area contributed by atoms with Gasteiger partial charge < -0.3 is 10.8 Å². The Balaban J connectivity index is 2.02. The van der Waals surface area contributed by atoms with E-state index in [-0.39, 0.29) is 28.3 Å². The Bertz CT molecular complexity index is 857. The first-order chi connectivity index (χ1) is 11.6. The Morgan fingerprint density at radius 2 is 2.00 bits per heavy atom. The van der Waals surface area contributed by atoms with Gasteiger partial charge in [-0.25, -0.2) is 0 Å². The van der Waals surface area contributed by atoms with Crippen LogP contribution in [-0.4, -0.2) is 33.0 Å². The van der Waals surface area contributed by atoms with Gasteiger partial charge in [0.25, 0.3) is 5.56 Å². The van der Waals surface area contributed by atoms with Gasteiger partial charge in [0, 0.05) is 12.3 Å². The molecular weight excluding hydrogens is 324 g/mol. The van der Waals surface area contributed by atoms with Gasteiger partial charge in [-0.1, -0.05) is 31.0 Å². The molecule has 1 saturated carbocycles. The molecule has 0 spiro atoms. The molecule has 2 aromatic rings. The number of aromatic amines is 1. The summed E-state index contributed by atoms with van der Waals surface area (Å²) in [4.78, 5) is 19.2. The van der Waals surface area contributed by atoms with Crippen LogP contribution in [0.25, 0.3) is 5.69 Å². The lowest BCUT2D eigenvalue weighted by atomic mass is 9.91. The Labute approximate surface area is 144 Å². The van der Waals surface area contributed by atoms with Crippen molar-refractivity contribution in [2.24, 2.45) is 10.7 Å². The second-order valence-electron chi connectivity index (χ2n) is 5.96. The number of nitrogens with zero attached hydrogens (tertiary/aromatic N) is 2. The van der Waals surface area contributed by atoms with Gasteiger partial charge in [-0.2, -0.15) is 0 Å². The molecule has 1 aliphatic carbocycles. The Kier molecular flexibility index (Phi) is 4.92. The molecule has 3 rings (SSSR count). The molecule has 1 aliphatic rings. The molecule has 1 heterocycles. The third kappa shape index (κ3) is 3.32. The number of para-hydroxylation sites is 1. The molecular formula is C17H20N4O2S. The van der Waals surface area contributed by atoms with E-state index in [0.29, 0.717) is 5.69 Å². The number of nitrogens with one attached hydrogen (secondary N) is 1. The highest BCUT2D eigenvalue weighted by atomic mass is 32.1. The fourth-order valence-corrected chi connectivity index (χ4v) is 3.25. The molecule has 126 valence electrons. The number of hydrogen-bond donors (Lipinski definition) is 3. The molecule has 0 aliphatic heterocycles. The van der Waals surface area contributed by atoms with Crippen molar-refractivity contribution in [1.82, 2.24) is 9.55 Å². The monoisotopic (exact) mass is 344 g/mol. The van der Waals surface area contributed by atoms with Gasteiger partial charge >= 0.3 is 0 Å². The lowest BCUT2D eigenvalue weighted by molar-refractivity contribution is 0.387. The van der Waals surface area contributed by atoms with Gasteiger partial charge in [0.05, 0.1) is 11.7 Å². The molecule has 24 heavy (non-hydrogen) atoms. The minimum atomic E-state index is -0.460. The quantitative estimate of drug-likeness (QED) is 0.588. The maximum absolute atomic E-state index is 12.2. The van der Waals surface area contributed by atoms with Crippen LogP contribution in [0.1, 0.15) is 31.2 Å².